The van der Waals surface area contributed by atoms with Crippen molar-refractivity contribution < 1.29 is 9.84 Å². The first-order valence-corrected chi connectivity index (χ1v) is 7.43. The van der Waals surface area contributed by atoms with E-state index >= 15 is 0 Å². The molecule has 1 aromatic heterocycles. The Morgan fingerprint density at radius 3 is 2.61 bits per heavy atom. The molecule has 1 aromatic carbocycles. The third kappa shape index (κ3) is 4.76. The zero-order valence-electron chi connectivity index (χ0n) is 13.6. The molecule has 1 unspecified atom stereocenters. The molecule has 1 heterocycles. The molecule has 23 heavy (non-hydrogen) atoms. The van der Waals surface area contributed by atoms with Crippen LogP contribution in [0.4, 0.5) is 0 Å². The molecule has 0 aliphatic heterocycles. The van der Waals surface area contributed by atoms with Crippen LogP contribution in [0.1, 0.15) is 32.2 Å². The van der Waals surface area contributed by atoms with Crippen LogP contribution in [-0.2, 0) is 18.4 Å². The first-order chi connectivity index (χ1) is 10.9. The minimum atomic E-state index is -0.724. The number of hydrogen-bond donors (Lipinski definition) is 1. The SMILES string of the molecule is CC(C)(C)c1nnnn1CC(O)COc1ccc(CC#N)cc1. The molecule has 0 saturated heterocycles. The molecule has 0 spiro atoms. The van der Waals surface area contributed by atoms with E-state index in [-0.39, 0.29) is 18.6 Å². The van der Waals surface area contributed by atoms with Gasteiger partial charge >= 0.3 is 0 Å². The number of nitriles is 1. The van der Waals surface area contributed by atoms with Crippen LogP contribution in [0.15, 0.2) is 24.3 Å². The Hall–Kier alpha value is -2.46. The van der Waals surface area contributed by atoms with Crippen LogP contribution >= 0.6 is 0 Å². The van der Waals surface area contributed by atoms with E-state index in [0.717, 1.165) is 11.4 Å². The quantitative estimate of drug-likeness (QED) is 0.867. The van der Waals surface area contributed by atoms with Gasteiger partial charge in [-0.2, -0.15) is 5.26 Å². The Morgan fingerprint density at radius 2 is 2.00 bits per heavy atom. The maximum absolute atomic E-state index is 10.1. The number of tetrazole rings is 1. The van der Waals surface area contributed by atoms with Crippen molar-refractivity contribution in [2.24, 2.45) is 0 Å². The van der Waals surface area contributed by atoms with Gasteiger partial charge in [0, 0.05) is 5.41 Å². The predicted octanol–water partition coefficient (Wildman–Crippen LogP) is 1.48. The van der Waals surface area contributed by atoms with Crippen molar-refractivity contribution in [2.45, 2.75) is 45.3 Å². The predicted molar refractivity (Wildman–Crippen MR) is 83.8 cm³/mol. The first kappa shape index (κ1) is 16.9. The Labute approximate surface area is 135 Å². The molecule has 7 nitrogen and oxygen atoms in total. The van der Waals surface area contributed by atoms with Gasteiger partial charge in [-0.3, -0.25) is 0 Å². The zero-order chi connectivity index (χ0) is 16.9. The van der Waals surface area contributed by atoms with Crippen molar-refractivity contribution in [3.8, 4) is 11.8 Å². The van der Waals surface area contributed by atoms with Crippen molar-refractivity contribution >= 4 is 0 Å². The molecule has 122 valence electrons. The molecule has 1 atom stereocenters. The first-order valence-electron chi connectivity index (χ1n) is 7.43. The number of aliphatic hydroxyl groups excluding tert-OH is 1. The summed E-state index contributed by atoms with van der Waals surface area (Å²) in [6, 6.07) is 9.35. The standard InChI is InChI=1S/C16H21N5O2/c1-16(2,3)15-18-19-20-21(15)10-13(22)11-23-14-6-4-12(5-7-14)8-9-17/h4-7,13,22H,8,10-11H2,1-3H3. The average molecular weight is 315 g/mol. The molecular formula is C16H21N5O2. The van der Waals surface area contributed by atoms with Gasteiger partial charge in [-0.25, -0.2) is 4.68 Å². The fraction of sp³-hybridized carbons (Fsp3) is 0.500. The second kappa shape index (κ2) is 7.20. The van der Waals surface area contributed by atoms with Crippen LogP contribution in [0.25, 0.3) is 0 Å². The summed E-state index contributed by atoms with van der Waals surface area (Å²) < 4.78 is 7.16. The number of nitrogens with zero attached hydrogens (tertiary/aromatic N) is 5. The van der Waals surface area contributed by atoms with Gasteiger partial charge in [0.2, 0.25) is 0 Å². The molecule has 0 fully saturated rings. The third-order valence-electron chi connectivity index (χ3n) is 3.24. The van der Waals surface area contributed by atoms with Crippen molar-refractivity contribution in [1.82, 2.24) is 20.2 Å². The maximum Gasteiger partial charge on any atom is 0.156 e. The Bertz CT molecular complexity index is 667. The lowest BCUT2D eigenvalue weighted by atomic mass is 9.96. The Kier molecular flexibility index (Phi) is 5.29. The molecule has 0 bridgehead atoms. The second-order valence-corrected chi connectivity index (χ2v) is 6.38. The normalized spacial score (nSPS) is 12.7. The summed E-state index contributed by atoms with van der Waals surface area (Å²) in [5, 5.41) is 30.4. The van der Waals surface area contributed by atoms with Gasteiger partial charge in [-0.1, -0.05) is 32.9 Å². The monoisotopic (exact) mass is 315 g/mol. The van der Waals surface area contributed by atoms with E-state index in [2.05, 4.69) is 21.6 Å². The minimum absolute atomic E-state index is 0.140. The fourth-order valence-electron chi connectivity index (χ4n) is 2.10. The minimum Gasteiger partial charge on any atom is -0.491 e. The average Bonchev–Trinajstić information content (AvgIpc) is 2.95. The van der Waals surface area contributed by atoms with Crippen LogP contribution in [0.5, 0.6) is 5.75 Å². The van der Waals surface area contributed by atoms with Gasteiger partial charge in [0.1, 0.15) is 18.5 Å². The Morgan fingerprint density at radius 1 is 1.30 bits per heavy atom. The van der Waals surface area contributed by atoms with E-state index in [4.69, 9.17) is 10.00 Å². The van der Waals surface area contributed by atoms with Crippen molar-refractivity contribution in [3.63, 3.8) is 0 Å². The van der Waals surface area contributed by atoms with Crippen LogP contribution in [0.2, 0.25) is 0 Å². The summed E-state index contributed by atoms with van der Waals surface area (Å²) in [6.45, 7) is 6.45. The Balaban J connectivity index is 1.89. The van der Waals surface area contributed by atoms with Crippen molar-refractivity contribution in [2.75, 3.05) is 6.61 Å². The molecule has 0 radical (unpaired) electrons. The molecular weight excluding hydrogens is 294 g/mol. The molecule has 2 aromatic rings. The summed E-state index contributed by atoms with van der Waals surface area (Å²) >= 11 is 0. The van der Waals surface area contributed by atoms with Crippen LogP contribution in [0, 0.1) is 11.3 Å². The lowest BCUT2D eigenvalue weighted by Gasteiger charge is -2.19. The highest BCUT2D eigenvalue weighted by atomic mass is 16.5. The van der Waals surface area contributed by atoms with Crippen molar-refractivity contribution in [1.29, 1.82) is 5.26 Å². The number of rotatable bonds is 6. The van der Waals surface area contributed by atoms with Gasteiger partial charge in [-0.05, 0) is 28.1 Å². The van der Waals surface area contributed by atoms with Gasteiger partial charge < -0.3 is 9.84 Å². The van der Waals surface area contributed by atoms with E-state index in [1.165, 1.54) is 0 Å². The molecule has 7 heteroatoms. The third-order valence-corrected chi connectivity index (χ3v) is 3.24. The van der Waals surface area contributed by atoms with Crippen LogP contribution in [0.3, 0.4) is 0 Å². The number of benzene rings is 1. The molecule has 0 aliphatic carbocycles. The number of aliphatic hydroxyl groups is 1. The lowest BCUT2D eigenvalue weighted by Crippen LogP contribution is -2.28. The van der Waals surface area contributed by atoms with Crippen LogP contribution in [-0.4, -0.2) is 38.0 Å². The van der Waals surface area contributed by atoms with E-state index in [1.54, 1.807) is 16.8 Å². The number of aromatic nitrogens is 4. The van der Waals surface area contributed by atoms with Gasteiger partial charge in [0.15, 0.2) is 5.82 Å². The summed E-state index contributed by atoms with van der Waals surface area (Å²) in [6.07, 6.45) is -0.351. The van der Waals surface area contributed by atoms with E-state index in [1.807, 2.05) is 32.9 Å². The fourth-order valence-corrected chi connectivity index (χ4v) is 2.10. The number of hydrogen-bond acceptors (Lipinski definition) is 6. The summed E-state index contributed by atoms with van der Waals surface area (Å²) in [5.74, 6) is 1.37. The molecule has 2 rings (SSSR count). The summed E-state index contributed by atoms with van der Waals surface area (Å²) in [7, 11) is 0. The largest absolute Gasteiger partial charge is 0.491 e. The van der Waals surface area contributed by atoms with Crippen LogP contribution < -0.4 is 4.74 Å². The molecule has 0 amide bonds. The zero-order valence-corrected chi connectivity index (χ0v) is 13.6. The van der Waals surface area contributed by atoms with Crippen molar-refractivity contribution in [3.05, 3.63) is 35.7 Å². The smallest absolute Gasteiger partial charge is 0.156 e. The van der Waals surface area contributed by atoms with Gasteiger partial charge in [-0.15, -0.1) is 5.10 Å². The maximum atomic E-state index is 10.1. The van der Waals surface area contributed by atoms with Gasteiger partial charge in [0.05, 0.1) is 19.0 Å². The van der Waals surface area contributed by atoms with Gasteiger partial charge in [0.25, 0.3) is 0 Å². The topological polar surface area (TPSA) is 96.8 Å². The van der Waals surface area contributed by atoms with E-state index in [0.29, 0.717) is 12.2 Å². The molecule has 0 aliphatic rings. The summed E-state index contributed by atoms with van der Waals surface area (Å²) in [5.41, 5.74) is 0.740. The highest BCUT2D eigenvalue weighted by molar-refractivity contribution is 5.28. The number of ether oxygens (including phenoxy) is 1. The highest BCUT2D eigenvalue weighted by Gasteiger charge is 2.23. The summed E-state index contributed by atoms with van der Waals surface area (Å²) in [4.78, 5) is 0. The van der Waals surface area contributed by atoms with E-state index in [9.17, 15) is 5.11 Å². The second-order valence-electron chi connectivity index (χ2n) is 6.38. The highest BCUT2D eigenvalue weighted by Crippen LogP contribution is 2.19. The molecule has 1 N–H and O–H groups in total. The lowest BCUT2D eigenvalue weighted by molar-refractivity contribution is 0.0871. The molecule has 0 saturated carbocycles. The van der Waals surface area contributed by atoms with E-state index < -0.39 is 6.10 Å².